The summed E-state index contributed by atoms with van der Waals surface area (Å²) in [7, 11) is 0. The molecule has 4 nitrogen and oxygen atoms in total. The first kappa shape index (κ1) is 18.0. The third-order valence-electron chi connectivity index (χ3n) is 4.62. The highest BCUT2D eigenvalue weighted by Crippen LogP contribution is 2.28. The van der Waals surface area contributed by atoms with Gasteiger partial charge >= 0.3 is 0 Å². The van der Waals surface area contributed by atoms with Gasteiger partial charge < -0.3 is 10.2 Å². The van der Waals surface area contributed by atoms with Crippen molar-refractivity contribution in [3.05, 3.63) is 0 Å². The van der Waals surface area contributed by atoms with Gasteiger partial charge in [0, 0.05) is 6.54 Å². The summed E-state index contributed by atoms with van der Waals surface area (Å²) in [5.41, 5.74) is -0.684. The fourth-order valence-corrected chi connectivity index (χ4v) is 3.13. The van der Waals surface area contributed by atoms with Crippen molar-refractivity contribution < 1.29 is 9.59 Å². The van der Waals surface area contributed by atoms with Crippen LogP contribution in [0.25, 0.3) is 0 Å². The molecule has 0 aliphatic carbocycles. The second-order valence-corrected chi connectivity index (χ2v) is 6.63. The SMILES string of the molecule is CCCCCN1C(=O)C(CC)(CC)NC(=O)C1CC(C)C. The van der Waals surface area contributed by atoms with Gasteiger partial charge in [-0.25, -0.2) is 0 Å². The van der Waals surface area contributed by atoms with E-state index < -0.39 is 5.54 Å². The van der Waals surface area contributed by atoms with E-state index in [9.17, 15) is 9.59 Å². The second kappa shape index (κ2) is 7.81. The molecule has 0 spiro atoms. The Morgan fingerprint density at radius 3 is 2.24 bits per heavy atom. The van der Waals surface area contributed by atoms with Crippen LogP contribution >= 0.6 is 0 Å². The van der Waals surface area contributed by atoms with Crippen LogP contribution in [0.1, 0.15) is 73.1 Å². The van der Waals surface area contributed by atoms with Crippen LogP contribution in [0, 0.1) is 5.92 Å². The molecule has 122 valence electrons. The summed E-state index contributed by atoms with van der Waals surface area (Å²) in [6.07, 6.45) is 5.27. The number of nitrogens with zero attached hydrogens (tertiary/aromatic N) is 1. The van der Waals surface area contributed by atoms with Gasteiger partial charge in [-0.3, -0.25) is 9.59 Å². The van der Waals surface area contributed by atoms with Crippen molar-refractivity contribution in [1.82, 2.24) is 10.2 Å². The second-order valence-electron chi connectivity index (χ2n) is 6.63. The minimum absolute atomic E-state index is 0.0310. The lowest BCUT2D eigenvalue weighted by atomic mass is 9.85. The van der Waals surface area contributed by atoms with Gasteiger partial charge in [-0.1, -0.05) is 47.5 Å². The van der Waals surface area contributed by atoms with Crippen LogP contribution in [0.15, 0.2) is 0 Å². The Morgan fingerprint density at radius 1 is 1.14 bits per heavy atom. The van der Waals surface area contributed by atoms with Gasteiger partial charge in [0.05, 0.1) is 0 Å². The molecule has 1 heterocycles. The Balaban J connectivity index is 2.98. The maximum Gasteiger partial charge on any atom is 0.248 e. The fraction of sp³-hybridized carbons (Fsp3) is 0.882. The Hall–Kier alpha value is -1.06. The third kappa shape index (κ3) is 3.98. The first-order valence-electron chi connectivity index (χ1n) is 8.54. The molecule has 0 aromatic carbocycles. The summed E-state index contributed by atoms with van der Waals surface area (Å²) < 4.78 is 0. The van der Waals surface area contributed by atoms with Crippen molar-refractivity contribution >= 4 is 11.8 Å². The number of hydrogen-bond donors (Lipinski definition) is 1. The van der Waals surface area contributed by atoms with Crippen molar-refractivity contribution in [2.45, 2.75) is 84.7 Å². The number of hydrogen-bond acceptors (Lipinski definition) is 2. The number of nitrogens with one attached hydrogen (secondary N) is 1. The quantitative estimate of drug-likeness (QED) is 0.700. The Kier molecular flexibility index (Phi) is 6.69. The highest BCUT2D eigenvalue weighted by molar-refractivity contribution is 5.99. The van der Waals surface area contributed by atoms with Gasteiger partial charge in [-0.2, -0.15) is 0 Å². The normalized spacial score (nSPS) is 21.8. The average Bonchev–Trinajstić information content (AvgIpc) is 2.45. The summed E-state index contributed by atoms with van der Waals surface area (Å²) in [6, 6.07) is -0.291. The van der Waals surface area contributed by atoms with Crippen LogP contribution in [0.5, 0.6) is 0 Å². The van der Waals surface area contributed by atoms with Crippen molar-refractivity contribution in [2.75, 3.05) is 6.54 Å². The van der Waals surface area contributed by atoms with E-state index in [2.05, 4.69) is 26.1 Å². The zero-order chi connectivity index (χ0) is 16.0. The van der Waals surface area contributed by atoms with Crippen LogP contribution in [0.3, 0.4) is 0 Å². The molecular weight excluding hydrogens is 264 g/mol. The molecule has 0 aromatic heterocycles. The summed E-state index contributed by atoms with van der Waals surface area (Å²) in [5, 5.41) is 3.02. The van der Waals surface area contributed by atoms with E-state index in [-0.39, 0.29) is 17.9 Å². The number of carbonyl (C=O) groups excluding carboxylic acids is 2. The van der Waals surface area contributed by atoms with Crippen LogP contribution in [-0.2, 0) is 9.59 Å². The van der Waals surface area contributed by atoms with Crippen molar-refractivity contribution in [1.29, 1.82) is 0 Å². The maximum atomic E-state index is 13.0. The Bertz CT molecular complexity index is 362. The van der Waals surface area contributed by atoms with Crippen LogP contribution < -0.4 is 5.32 Å². The smallest absolute Gasteiger partial charge is 0.248 e. The Morgan fingerprint density at radius 2 is 1.76 bits per heavy atom. The molecule has 0 aromatic rings. The molecule has 1 unspecified atom stereocenters. The highest BCUT2D eigenvalue weighted by atomic mass is 16.2. The first-order chi connectivity index (χ1) is 9.91. The molecule has 1 fully saturated rings. The molecule has 2 amide bonds. The first-order valence-corrected chi connectivity index (χ1v) is 8.54. The van der Waals surface area contributed by atoms with E-state index in [4.69, 9.17) is 0 Å². The van der Waals surface area contributed by atoms with Gasteiger partial charge in [0.2, 0.25) is 11.8 Å². The van der Waals surface area contributed by atoms with Gasteiger partial charge in [0.25, 0.3) is 0 Å². The zero-order valence-corrected chi connectivity index (χ0v) is 14.4. The number of unbranched alkanes of at least 4 members (excludes halogenated alkanes) is 2. The molecule has 1 N–H and O–H groups in total. The molecule has 1 saturated heterocycles. The van der Waals surface area contributed by atoms with Crippen LogP contribution in [0.2, 0.25) is 0 Å². The number of rotatable bonds is 8. The molecule has 1 rings (SSSR count). The van der Waals surface area contributed by atoms with E-state index in [1.165, 1.54) is 0 Å². The minimum atomic E-state index is -0.684. The van der Waals surface area contributed by atoms with Gasteiger partial charge in [0.15, 0.2) is 0 Å². The number of carbonyl (C=O) groups is 2. The van der Waals surface area contributed by atoms with Crippen molar-refractivity contribution in [2.24, 2.45) is 5.92 Å². The lowest BCUT2D eigenvalue weighted by molar-refractivity contribution is -0.156. The van der Waals surface area contributed by atoms with Crippen LogP contribution in [-0.4, -0.2) is 34.8 Å². The fourth-order valence-electron chi connectivity index (χ4n) is 3.13. The minimum Gasteiger partial charge on any atom is -0.340 e. The third-order valence-corrected chi connectivity index (χ3v) is 4.62. The van der Waals surface area contributed by atoms with Gasteiger partial charge in [0.1, 0.15) is 11.6 Å². The molecule has 21 heavy (non-hydrogen) atoms. The molecule has 0 radical (unpaired) electrons. The number of piperazine rings is 1. The zero-order valence-electron chi connectivity index (χ0n) is 14.4. The summed E-state index contributed by atoms with van der Waals surface area (Å²) >= 11 is 0. The topological polar surface area (TPSA) is 49.4 Å². The molecule has 0 bridgehead atoms. The number of amides is 2. The van der Waals surface area contributed by atoms with E-state index in [0.717, 1.165) is 25.7 Å². The molecule has 0 saturated carbocycles. The molecule has 1 aliphatic heterocycles. The summed E-state index contributed by atoms with van der Waals surface area (Å²) in [4.78, 5) is 27.4. The van der Waals surface area contributed by atoms with E-state index in [1.807, 2.05) is 18.7 Å². The standard InChI is InChI=1S/C17H32N2O2/c1-6-9-10-11-19-14(12-13(4)5)15(20)18-17(7-2,8-3)16(19)21/h13-14H,6-12H2,1-5H3,(H,18,20). The predicted octanol–water partition coefficient (Wildman–Crippen LogP) is 3.11. The summed E-state index contributed by atoms with van der Waals surface area (Å²) in [6.45, 7) is 11.0. The van der Waals surface area contributed by atoms with Crippen molar-refractivity contribution in [3.8, 4) is 0 Å². The average molecular weight is 296 g/mol. The van der Waals surface area contributed by atoms with E-state index >= 15 is 0 Å². The largest absolute Gasteiger partial charge is 0.340 e. The van der Waals surface area contributed by atoms with Gasteiger partial charge in [-0.05, 0) is 31.6 Å². The van der Waals surface area contributed by atoms with Crippen molar-refractivity contribution in [3.63, 3.8) is 0 Å². The predicted molar refractivity (Wildman–Crippen MR) is 85.9 cm³/mol. The van der Waals surface area contributed by atoms with Crippen LogP contribution in [0.4, 0.5) is 0 Å². The maximum absolute atomic E-state index is 13.0. The highest BCUT2D eigenvalue weighted by Gasteiger charge is 2.48. The van der Waals surface area contributed by atoms with Gasteiger partial charge in [-0.15, -0.1) is 0 Å². The van der Waals surface area contributed by atoms with E-state index in [0.29, 0.717) is 25.3 Å². The lowest BCUT2D eigenvalue weighted by Crippen LogP contribution is -2.70. The molecule has 4 heteroatoms. The molecule has 1 aliphatic rings. The monoisotopic (exact) mass is 296 g/mol. The molecule has 1 atom stereocenters. The lowest BCUT2D eigenvalue weighted by Gasteiger charge is -2.46. The summed E-state index contributed by atoms with van der Waals surface area (Å²) in [5.74, 6) is 0.551. The van der Waals surface area contributed by atoms with E-state index in [1.54, 1.807) is 0 Å². The Labute approximate surface area is 129 Å². The molecular formula is C17H32N2O2.